The fourth-order valence-corrected chi connectivity index (χ4v) is 5.44. The monoisotopic (exact) mass is 431 g/mol. The van der Waals surface area contributed by atoms with Crippen LogP contribution in [0.5, 0.6) is 0 Å². The molecule has 1 aromatic heterocycles. The number of fused-ring (bicyclic) bond motifs is 2. The van der Waals surface area contributed by atoms with Crippen LogP contribution in [-0.4, -0.2) is 33.7 Å². The van der Waals surface area contributed by atoms with E-state index in [9.17, 15) is 4.79 Å². The van der Waals surface area contributed by atoms with Crippen LogP contribution in [0.4, 0.5) is 0 Å². The van der Waals surface area contributed by atoms with Crippen molar-refractivity contribution in [2.45, 2.75) is 32.4 Å². The lowest BCUT2D eigenvalue weighted by Gasteiger charge is -2.40. The van der Waals surface area contributed by atoms with E-state index in [2.05, 4.69) is 23.1 Å². The zero-order valence-electron chi connectivity index (χ0n) is 16.6. The van der Waals surface area contributed by atoms with Crippen molar-refractivity contribution in [2.24, 2.45) is 11.8 Å². The van der Waals surface area contributed by atoms with E-state index in [1.165, 1.54) is 12.0 Å². The van der Waals surface area contributed by atoms with E-state index in [4.69, 9.17) is 11.6 Å². The number of hydrogen-bond acceptors (Lipinski definition) is 2. The number of aryl methyl sites for hydroxylation is 1. The van der Waals surface area contributed by atoms with Crippen LogP contribution in [0.25, 0.3) is 11.0 Å². The van der Waals surface area contributed by atoms with Gasteiger partial charge in [0.2, 0.25) is 0 Å². The third kappa shape index (κ3) is 3.52. The number of imidazole rings is 1. The van der Waals surface area contributed by atoms with Crippen LogP contribution < -0.4 is 5.69 Å². The summed E-state index contributed by atoms with van der Waals surface area (Å²) in [5.41, 5.74) is 3.63. The summed E-state index contributed by atoms with van der Waals surface area (Å²) in [5.74, 6) is 2.21. The van der Waals surface area contributed by atoms with Crippen LogP contribution >= 0.6 is 24.0 Å². The molecule has 0 spiro atoms. The second-order valence-electron chi connectivity index (χ2n) is 8.24. The number of para-hydroxylation sites is 2. The van der Waals surface area contributed by atoms with Gasteiger partial charge in [0.25, 0.3) is 0 Å². The number of likely N-dealkylation sites (tertiary alicyclic amines) is 1. The maximum absolute atomic E-state index is 12.8. The van der Waals surface area contributed by atoms with Gasteiger partial charge in [0.15, 0.2) is 0 Å². The lowest BCUT2D eigenvalue weighted by atomic mass is 9.64. The fourth-order valence-electron chi connectivity index (χ4n) is 5.31. The van der Waals surface area contributed by atoms with E-state index in [0.29, 0.717) is 12.5 Å². The highest BCUT2D eigenvalue weighted by molar-refractivity contribution is 6.30. The Morgan fingerprint density at radius 2 is 1.66 bits per heavy atom. The SMILES string of the molecule is CCn1c(=O)n(CCN2C[C@H]3C[C@H](c4ccc(Cl)cc4)[C@H]3C2)c2ccccc21.Cl. The van der Waals surface area contributed by atoms with Crippen molar-refractivity contribution in [3.8, 4) is 0 Å². The first-order valence-electron chi connectivity index (χ1n) is 10.3. The van der Waals surface area contributed by atoms with Gasteiger partial charge in [-0.1, -0.05) is 35.9 Å². The predicted octanol–water partition coefficient (Wildman–Crippen LogP) is 4.63. The van der Waals surface area contributed by atoms with E-state index < -0.39 is 0 Å². The van der Waals surface area contributed by atoms with E-state index in [1.807, 2.05) is 46.4 Å². The van der Waals surface area contributed by atoms with Crippen molar-refractivity contribution in [2.75, 3.05) is 19.6 Å². The molecule has 2 heterocycles. The Kier molecular flexibility index (Phi) is 5.78. The summed E-state index contributed by atoms with van der Waals surface area (Å²) < 4.78 is 3.83. The Bertz CT molecular complexity index is 1060. The zero-order valence-corrected chi connectivity index (χ0v) is 18.2. The molecule has 1 saturated heterocycles. The summed E-state index contributed by atoms with van der Waals surface area (Å²) in [5, 5.41) is 0.810. The Morgan fingerprint density at radius 1 is 0.966 bits per heavy atom. The first-order valence-corrected chi connectivity index (χ1v) is 10.7. The highest BCUT2D eigenvalue weighted by atomic mass is 35.5. The van der Waals surface area contributed by atoms with Crippen molar-refractivity contribution in [1.82, 2.24) is 14.0 Å². The minimum atomic E-state index is 0. The largest absolute Gasteiger partial charge is 0.329 e. The molecule has 0 radical (unpaired) electrons. The Morgan fingerprint density at radius 3 is 2.34 bits per heavy atom. The summed E-state index contributed by atoms with van der Waals surface area (Å²) in [6.07, 6.45) is 1.28. The summed E-state index contributed by atoms with van der Waals surface area (Å²) >= 11 is 6.04. The van der Waals surface area contributed by atoms with Gasteiger partial charge in [-0.15, -0.1) is 12.4 Å². The Labute approximate surface area is 182 Å². The summed E-state index contributed by atoms with van der Waals surface area (Å²) in [7, 11) is 0. The predicted molar refractivity (Wildman–Crippen MR) is 121 cm³/mol. The van der Waals surface area contributed by atoms with Crippen molar-refractivity contribution < 1.29 is 0 Å². The molecule has 1 saturated carbocycles. The van der Waals surface area contributed by atoms with Crippen molar-refractivity contribution in [3.63, 3.8) is 0 Å². The van der Waals surface area contributed by atoms with Gasteiger partial charge >= 0.3 is 5.69 Å². The van der Waals surface area contributed by atoms with Crippen LogP contribution in [-0.2, 0) is 13.1 Å². The summed E-state index contributed by atoms with van der Waals surface area (Å²) in [4.78, 5) is 15.4. The molecule has 3 atom stereocenters. The highest BCUT2D eigenvalue weighted by Crippen LogP contribution is 2.51. The molecule has 2 fully saturated rings. The van der Waals surface area contributed by atoms with Crippen LogP contribution in [0.1, 0.15) is 24.8 Å². The first-order chi connectivity index (χ1) is 13.7. The highest BCUT2D eigenvalue weighted by Gasteiger charge is 2.47. The molecule has 6 heteroatoms. The number of rotatable bonds is 5. The van der Waals surface area contributed by atoms with Crippen molar-refractivity contribution in [1.29, 1.82) is 0 Å². The van der Waals surface area contributed by atoms with Gasteiger partial charge in [-0.2, -0.15) is 0 Å². The number of halogens is 2. The van der Waals surface area contributed by atoms with Crippen molar-refractivity contribution >= 4 is 35.0 Å². The average Bonchev–Trinajstić information content (AvgIpc) is 3.16. The van der Waals surface area contributed by atoms with Crippen LogP contribution in [0.15, 0.2) is 53.3 Å². The molecule has 2 aromatic carbocycles. The minimum Gasteiger partial charge on any atom is -0.301 e. The van der Waals surface area contributed by atoms with Crippen LogP contribution in [0, 0.1) is 11.8 Å². The molecule has 1 aliphatic heterocycles. The molecule has 1 aliphatic carbocycles. The molecule has 29 heavy (non-hydrogen) atoms. The van der Waals surface area contributed by atoms with Gasteiger partial charge in [0.1, 0.15) is 0 Å². The Hall–Kier alpha value is -1.75. The number of benzene rings is 2. The van der Waals surface area contributed by atoms with E-state index in [1.54, 1.807) is 0 Å². The van der Waals surface area contributed by atoms with Gasteiger partial charge in [0, 0.05) is 37.7 Å². The third-order valence-corrected chi connectivity index (χ3v) is 7.07. The van der Waals surface area contributed by atoms with E-state index >= 15 is 0 Å². The normalized spacial score (nSPS) is 23.6. The molecule has 0 amide bonds. The fraction of sp³-hybridized carbons (Fsp3) is 0.435. The number of hydrogen-bond donors (Lipinski definition) is 0. The van der Waals surface area contributed by atoms with Crippen LogP contribution in [0.2, 0.25) is 5.02 Å². The maximum atomic E-state index is 12.8. The standard InChI is InChI=1S/C23H26ClN3O.ClH/c1-2-26-21-5-3-4-6-22(21)27(23(26)28)12-11-25-14-17-13-19(20(17)15-25)16-7-9-18(24)10-8-16;/h3-10,17,19-20H,2,11-15H2,1H3;1H/t17-,19-,20+;/m1./s1. The number of nitrogens with zero attached hydrogens (tertiary/aromatic N) is 3. The minimum absolute atomic E-state index is 0. The molecule has 154 valence electrons. The quantitative estimate of drug-likeness (QED) is 0.589. The molecule has 2 aliphatic rings. The molecule has 0 unspecified atom stereocenters. The van der Waals surface area contributed by atoms with Crippen molar-refractivity contribution in [3.05, 3.63) is 69.6 Å². The van der Waals surface area contributed by atoms with Gasteiger partial charge in [0.05, 0.1) is 11.0 Å². The van der Waals surface area contributed by atoms with Crippen LogP contribution in [0.3, 0.4) is 0 Å². The van der Waals surface area contributed by atoms with E-state index in [0.717, 1.165) is 54.1 Å². The second-order valence-corrected chi connectivity index (χ2v) is 8.68. The number of aromatic nitrogens is 2. The maximum Gasteiger partial charge on any atom is 0.329 e. The third-order valence-electron chi connectivity index (χ3n) is 6.82. The molecular weight excluding hydrogens is 405 g/mol. The molecule has 3 aromatic rings. The zero-order chi connectivity index (χ0) is 19.3. The van der Waals surface area contributed by atoms with Gasteiger partial charge < -0.3 is 4.90 Å². The lowest BCUT2D eigenvalue weighted by Crippen LogP contribution is -2.33. The Balaban J connectivity index is 0.00000205. The first kappa shape index (κ1) is 20.5. The van der Waals surface area contributed by atoms with Gasteiger partial charge in [-0.05, 0) is 60.9 Å². The lowest BCUT2D eigenvalue weighted by molar-refractivity contribution is 0.191. The van der Waals surface area contributed by atoms with E-state index in [-0.39, 0.29) is 18.1 Å². The molecular formula is C23H27Cl2N3O. The average molecular weight is 432 g/mol. The summed E-state index contributed by atoms with van der Waals surface area (Å²) in [6, 6.07) is 16.5. The summed E-state index contributed by atoms with van der Waals surface area (Å²) in [6.45, 7) is 6.75. The smallest absolute Gasteiger partial charge is 0.301 e. The van der Waals surface area contributed by atoms with Gasteiger partial charge in [-0.3, -0.25) is 9.13 Å². The molecule has 0 N–H and O–H groups in total. The van der Waals surface area contributed by atoms with Gasteiger partial charge in [-0.25, -0.2) is 4.79 Å². The molecule has 4 nitrogen and oxygen atoms in total. The molecule has 0 bridgehead atoms. The topological polar surface area (TPSA) is 30.2 Å². The second kappa shape index (κ2) is 8.17. The molecule has 5 rings (SSSR count).